The van der Waals surface area contributed by atoms with Gasteiger partial charge >= 0.3 is 0 Å². The molecule has 0 aliphatic carbocycles. The maximum absolute atomic E-state index is 12.0. The van der Waals surface area contributed by atoms with Gasteiger partial charge in [0, 0.05) is 21.9 Å². The van der Waals surface area contributed by atoms with Gasteiger partial charge in [-0.1, -0.05) is 6.92 Å². The Balaban J connectivity index is 1.88. The van der Waals surface area contributed by atoms with Crippen molar-refractivity contribution in [3.8, 4) is 0 Å². The lowest BCUT2D eigenvalue weighted by molar-refractivity contribution is 0.602. The van der Waals surface area contributed by atoms with Crippen LogP contribution in [0.15, 0.2) is 35.4 Å². The van der Waals surface area contributed by atoms with Gasteiger partial charge in [-0.15, -0.1) is 11.8 Å². The Morgan fingerprint density at radius 2 is 2.05 bits per heavy atom. The van der Waals surface area contributed by atoms with Crippen LogP contribution in [0.2, 0.25) is 0 Å². The minimum absolute atomic E-state index is 0.0320. The fraction of sp³-hybridized carbons (Fsp3) is 0.308. The highest BCUT2D eigenvalue weighted by atomic mass is 32.2. The fourth-order valence-corrected chi connectivity index (χ4v) is 4.07. The topological polar surface area (TPSA) is 101 Å². The molecule has 0 radical (unpaired) electrons. The highest BCUT2D eigenvalue weighted by Crippen LogP contribution is 2.20. The number of nitrogens with one attached hydrogen (secondary N) is 2. The van der Waals surface area contributed by atoms with Gasteiger partial charge in [-0.25, -0.2) is 8.42 Å². The molecular weight excluding hydrogens is 308 g/mol. The quantitative estimate of drug-likeness (QED) is 0.534. The molecule has 0 spiro atoms. The van der Waals surface area contributed by atoms with Gasteiger partial charge in [0.05, 0.1) is 11.9 Å². The van der Waals surface area contributed by atoms with E-state index in [1.54, 1.807) is 18.3 Å². The third-order valence-electron chi connectivity index (χ3n) is 2.86. The normalized spacial score (nSPS) is 11.5. The van der Waals surface area contributed by atoms with E-state index in [-0.39, 0.29) is 5.75 Å². The van der Waals surface area contributed by atoms with Crippen molar-refractivity contribution >= 4 is 33.3 Å². The summed E-state index contributed by atoms with van der Waals surface area (Å²) in [6.07, 6.45) is 2.34. The van der Waals surface area contributed by atoms with Crippen LogP contribution in [0.1, 0.15) is 12.5 Å². The number of aromatic amines is 1. The smallest absolute Gasteiger partial charge is 0.234 e. The zero-order valence-corrected chi connectivity index (χ0v) is 13.3. The van der Waals surface area contributed by atoms with Gasteiger partial charge in [0.2, 0.25) is 10.0 Å². The molecule has 114 valence electrons. The molecule has 0 aliphatic heterocycles. The van der Waals surface area contributed by atoms with Crippen LogP contribution in [0.25, 0.3) is 0 Å². The highest BCUT2D eigenvalue weighted by Gasteiger charge is 2.13. The van der Waals surface area contributed by atoms with Crippen molar-refractivity contribution in [3.63, 3.8) is 0 Å². The lowest BCUT2D eigenvalue weighted by Crippen LogP contribution is -2.19. The third-order valence-corrected chi connectivity index (χ3v) is 5.39. The number of benzene rings is 1. The van der Waals surface area contributed by atoms with Crippen LogP contribution >= 0.6 is 11.8 Å². The largest absolute Gasteiger partial charge is 0.399 e. The first-order valence-electron chi connectivity index (χ1n) is 6.51. The Kier molecular flexibility index (Phi) is 5.13. The molecule has 0 amide bonds. The molecule has 0 fully saturated rings. The Labute approximate surface area is 128 Å². The first kappa shape index (κ1) is 15.7. The zero-order chi connectivity index (χ0) is 15.3. The van der Waals surface area contributed by atoms with Crippen molar-refractivity contribution < 1.29 is 8.42 Å². The predicted octanol–water partition coefficient (Wildman–Crippen LogP) is 2.09. The molecule has 0 bridgehead atoms. The summed E-state index contributed by atoms with van der Waals surface area (Å²) in [5.41, 5.74) is 7.15. The number of thioether (sulfide) groups is 1. The third kappa shape index (κ3) is 4.68. The fourth-order valence-electron chi connectivity index (χ4n) is 1.71. The molecule has 1 aromatic heterocycles. The molecule has 21 heavy (non-hydrogen) atoms. The van der Waals surface area contributed by atoms with Crippen molar-refractivity contribution in [1.82, 2.24) is 10.2 Å². The molecule has 0 unspecified atom stereocenters. The van der Waals surface area contributed by atoms with Gasteiger partial charge in [-0.05, 0) is 30.7 Å². The summed E-state index contributed by atoms with van der Waals surface area (Å²) in [5.74, 6) is 0.953. The summed E-state index contributed by atoms with van der Waals surface area (Å²) >= 11 is 1.48. The molecule has 1 heterocycles. The number of H-pyrrole nitrogens is 1. The monoisotopic (exact) mass is 326 g/mol. The molecule has 4 N–H and O–H groups in total. The number of hydrogen-bond acceptors (Lipinski definition) is 5. The van der Waals surface area contributed by atoms with Gasteiger partial charge in [0.1, 0.15) is 5.82 Å². The minimum Gasteiger partial charge on any atom is -0.399 e. The number of nitrogens with two attached hydrogens (primary N) is 1. The summed E-state index contributed by atoms with van der Waals surface area (Å²) < 4.78 is 26.6. The number of hydrogen-bond donors (Lipinski definition) is 3. The first-order chi connectivity index (χ1) is 10.00. The van der Waals surface area contributed by atoms with E-state index in [4.69, 9.17) is 5.73 Å². The molecule has 0 saturated carbocycles. The standard InChI is InChI=1S/C13H18N4O2S2/c1-2-10-9-15-16-13(10)17-21(18,19)8-7-20-12-5-3-11(14)4-6-12/h3-6,9H,2,7-8,14H2,1H3,(H2,15,16,17). The summed E-state index contributed by atoms with van der Waals surface area (Å²) in [6, 6.07) is 7.36. The number of nitrogens with zero attached hydrogens (tertiary/aromatic N) is 1. The minimum atomic E-state index is -3.38. The number of aromatic nitrogens is 2. The Hall–Kier alpha value is -1.67. The number of nitrogen functional groups attached to an aromatic ring is 1. The predicted molar refractivity (Wildman–Crippen MR) is 87.0 cm³/mol. The van der Waals surface area contributed by atoms with E-state index < -0.39 is 10.0 Å². The van der Waals surface area contributed by atoms with Crippen LogP contribution in [-0.4, -0.2) is 30.1 Å². The molecule has 8 heteroatoms. The number of sulfonamides is 1. The highest BCUT2D eigenvalue weighted by molar-refractivity contribution is 8.01. The number of rotatable bonds is 7. The molecule has 1 aromatic carbocycles. The van der Waals surface area contributed by atoms with Crippen LogP contribution < -0.4 is 10.5 Å². The molecule has 0 atom stereocenters. The molecular formula is C13H18N4O2S2. The molecule has 2 aromatic rings. The zero-order valence-electron chi connectivity index (χ0n) is 11.7. The SMILES string of the molecule is CCc1cn[nH]c1NS(=O)(=O)CCSc1ccc(N)cc1. The van der Waals surface area contributed by atoms with E-state index >= 15 is 0 Å². The summed E-state index contributed by atoms with van der Waals surface area (Å²) in [5, 5.41) is 6.51. The van der Waals surface area contributed by atoms with Crippen molar-refractivity contribution in [1.29, 1.82) is 0 Å². The second kappa shape index (κ2) is 6.86. The van der Waals surface area contributed by atoms with E-state index in [1.807, 2.05) is 19.1 Å². The lowest BCUT2D eigenvalue weighted by Gasteiger charge is -2.07. The molecule has 2 rings (SSSR count). The first-order valence-corrected chi connectivity index (χ1v) is 9.15. The van der Waals surface area contributed by atoms with Crippen molar-refractivity contribution in [3.05, 3.63) is 36.0 Å². The molecule has 6 nitrogen and oxygen atoms in total. The van der Waals surface area contributed by atoms with Crippen LogP contribution in [0.4, 0.5) is 11.5 Å². The summed E-state index contributed by atoms with van der Waals surface area (Å²) in [6.45, 7) is 1.94. The average molecular weight is 326 g/mol. The van der Waals surface area contributed by atoms with Gasteiger partial charge in [-0.2, -0.15) is 5.10 Å². The van der Waals surface area contributed by atoms with Gasteiger partial charge in [-0.3, -0.25) is 9.82 Å². The van der Waals surface area contributed by atoms with Crippen LogP contribution in [0, 0.1) is 0 Å². The summed E-state index contributed by atoms with van der Waals surface area (Å²) in [7, 11) is -3.38. The average Bonchev–Trinajstić information content (AvgIpc) is 2.87. The maximum atomic E-state index is 12.0. The van der Waals surface area contributed by atoms with Gasteiger partial charge < -0.3 is 5.73 Å². The Bertz CT molecular complexity index is 680. The van der Waals surface area contributed by atoms with E-state index in [0.717, 1.165) is 10.5 Å². The maximum Gasteiger partial charge on any atom is 0.234 e. The van der Waals surface area contributed by atoms with Crippen molar-refractivity contribution in [2.45, 2.75) is 18.2 Å². The molecule has 0 aliphatic rings. The van der Waals surface area contributed by atoms with Gasteiger partial charge in [0.25, 0.3) is 0 Å². The van der Waals surface area contributed by atoms with E-state index in [1.165, 1.54) is 11.8 Å². The van der Waals surface area contributed by atoms with Crippen LogP contribution in [-0.2, 0) is 16.4 Å². The Morgan fingerprint density at radius 3 is 2.71 bits per heavy atom. The lowest BCUT2D eigenvalue weighted by atomic mass is 10.3. The summed E-state index contributed by atoms with van der Waals surface area (Å²) in [4.78, 5) is 0.996. The van der Waals surface area contributed by atoms with E-state index in [0.29, 0.717) is 23.7 Å². The van der Waals surface area contributed by atoms with Crippen molar-refractivity contribution in [2.75, 3.05) is 22.0 Å². The van der Waals surface area contributed by atoms with Crippen LogP contribution in [0.5, 0.6) is 0 Å². The second-order valence-corrected chi connectivity index (χ2v) is 7.47. The van der Waals surface area contributed by atoms with E-state index in [9.17, 15) is 8.42 Å². The van der Waals surface area contributed by atoms with Gasteiger partial charge in [0.15, 0.2) is 0 Å². The number of aryl methyl sites for hydroxylation is 1. The number of anilines is 2. The van der Waals surface area contributed by atoms with E-state index in [2.05, 4.69) is 14.9 Å². The molecule has 0 saturated heterocycles. The van der Waals surface area contributed by atoms with Crippen molar-refractivity contribution in [2.24, 2.45) is 0 Å². The second-order valence-electron chi connectivity index (χ2n) is 4.46. The Morgan fingerprint density at radius 1 is 1.33 bits per heavy atom. The van der Waals surface area contributed by atoms with Crippen LogP contribution in [0.3, 0.4) is 0 Å².